The number of carbonyl (C=O) groups is 1. The number of pyridine rings is 1. The van der Waals surface area contributed by atoms with Gasteiger partial charge in [-0.1, -0.05) is 30.0 Å². The minimum Gasteiger partial charge on any atom is -0.356 e. The Morgan fingerprint density at radius 3 is 2.75 bits per heavy atom. The molecule has 1 aromatic heterocycles. The van der Waals surface area contributed by atoms with Crippen molar-refractivity contribution in [1.29, 1.82) is 0 Å². The predicted molar refractivity (Wildman–Crippen MR) is 126 cm³/mol. The molecule has 2 atom stereocenters. The van der Waals surface area contributed by atoms with Crippen molar-refractivity contribution in [1.82, 2.24) is 9.47 Å². The van der Waals surface area contributed by atoms with E-state index in [0.29, 0.717) is 17.6 Å². The van der Waals surface area contributed by atoms with Crippen molar-refractivity contribution in [3.63, 3.8) is 0 Å². The first-order valence-corrected chi connectivity index (χ1v) is 11.6. The zero-order valence-corrected chi connectivity index (χ0v) is 18.9. The molecule has 2 aromatic rings. The van der Waals surface area contributed by atoms with Gasteiger partial charge in [0.2, 0.25) is 5.91 Å². The highest BCUT2D eigenvalue weighted by atomic mass is 127. The van der Waals surface area contributed by atoms with Crippen molar-refractivity contribution >= 4 is 62.5 Å². The molecule has 1 aromatic carbocycles. The second-order valence-corrected chi connectivity index (χ2v) is 10.1. The van der Waals surface area contributed by atoms with Gasteiger partial charge in [0, 0.05) is 46.6 Å². The van der Waals surface area contributed by atoms with E-state index >= 15 is 0 Å². The summed E-state index contributed by atoms with van der Waals surface area (Å²) in [6.45, 7) is 2.41. The lowest BCUT2D eigenvalue weighted by Crippen LogP contribution is -2.48. The van der Waals surface area contributed by atoms with Gasteiger partial charge in [-0.25, -0.2) is 0 Å². The quantitative estimate of drug-likeness (QED) is 0.491. The van der Waals surface area contributed by atoms with Gasteiger partial charge in [0.05, 0.1) is 5.75 Å². The summed E-state index contributed by atoms with van der Waals surface area (Å²) < 4.78 is 3.81. The van der Waals surface area contributed by atoms with E-state index in [1.165, 1.54) is 11.8 Å². The summed E-state index contributed by atoms with van der Waals surface area (Å²) in [5.41, 5.74) is 1.99. The molecule has 2 aliphatic rings. The molecule has 1 amide bonds. The lowest BCUT2D eigenvalue weighted by atomic mass is 9.83. The van der Waals surface area contributed by atoms with E-state index in [2.05, 4.69) is 38.9 Å². The molecule has 5 nitrogen and oxygen atoms in total. The van der Waals surface area contributed by atoms with Crippen LogP contribution in [0.5, 0.6) is 0 Å². The van der Waals surface area contributed by atoms with Crippen LogP contribution in [0.2, 0.25) is 0 Å². The largest absolute Gasteiger partial charge is 0.356 e. The van der Waals surface area contributed by atoms with Crippen molar-refractivity contribution in [2.45, 2.75) is 18.9 Å². The van der Waals surface area contributed by atoms with Gasteiger partial charge in [0.15, 0.2) is 0 Å². The molecule has 2 bridgehead atoms. The maximum Gasteiger partial charge on any atom is 0.250 e. The number of amides is 1. The molecule has 0 spiro atoms. The molecule has 3 heterocycles. The Morgan fingerprint density at radius 2 is 1.96 bits per heavy atom. The third kappa shape index (κ3) is 4.44. The highest BCUT2D eigenvalue weighted by molar-refractivity contribution is 14.1. The number of anilines is 1. The fourth-order valence-corrected chi connectivity index (χ4v) is 5.34. The van der Waals surface area contributed by atoms with Gasteiger partial charge in [-0.2, -0.15) is 0 Å². The number of hydrogen-bond donors (Lipinski definition) is 1. The average Bonchev–Trinajstić information content (AvgIpc) is 2.68. The van der Waals surface area contributed by atoms with E-state index in [4.69, 9.17) is 12.2 Å². The van der Waals surface area contributed by atoms with Crippen molar-refractivity contribution in [2.24, 2.45) is 5.92 Å². The van der Waals surface area contributed by atoms with Crippen LogP contribution in [0.15, 0.2) is 47.3 Å². The van der Waals surface area contributed by atoms with Crippen molar-refractivity contribution in [2.75, 3.05) is 24.2 Å². The van der Waals surface area contributed by atoms with Gasteiger partial charge in [-0.05, 0) is 65.3 Å². The van der Waals surface area contributed by atoms with Crippen LogP contribution in [0.1, 0.15) is 18.0 Å². The number of nitrogens with one attached hydrogen (secondary N) is 1. The van der Waals surface area contributed by atoms with Crippen LogP contribution in [0.4, 0.5) is 5.69 Å². The number of benzene rings is 1. The lowest BCUT2D eigenvalue weighted by molar-refractivity contribution is -0.113. The van der Waals surface area contributed by atoms with E-state index in [9.17, 15) is 9.59 Å². The summed E-state index contributed by atoms with van der Waals surface area (Å²) in [5, 5.41) is 2.91. The highest BCUT2D eigenvalue weighted by Gasteiger charge is 2.35. The molecule has 1 saturated heterocycles. The number of rotatable bonds is 3. The molecule has 1 fully saturated rings. The van der Waals surface area contributed by atoms with Crippen LogP contribution < -0.4 is 10.9 Å². The minimum atomic E-state index is -0.0531. The fourth-order valence-electron chi connectivity index (χ4n) is 3.99. The number of likely N-dealkylation sites (tertiary alicyclic amines) is 1. The molecular formula is C20H20IN3O2S2. The Kier molecular flexibility index (Phi) is 6.07. The standard InChI is InChI=1S/C20H20IN3O2S2/c21-15-4-6-16(7-5-15)22-18(25)12-28-20(27)23-9-13-8-14(11-23)17-2-1-3-19(26)24(17)10-13/h1-7,13-14H,8-12H2,(H,22,25)/t13-,14+/m1/s1. The molecule has 0 radical (unpaired) electrons. The number of hydrogen-bond acceptors (Lipinski definition) is 4. The number of fused-ring (bicyclic) bond motifs is 4. The van der Waals surface area contributed by atoms with Gasteiger partial charge in [0.1, 0.15) is 4.32 Å². The van der Waals surface area contributed by atoms with Crippen LogP contribution in [0.3, 0.4) is 0 Å². The van der Waals surface area contributed by atoms with Crippen molar-refractivity contribution < 1.29 is 4.79 Å². The SMILES string of the molecule is O=C(CSC(=S)N1C[C@H]2C[C@@H](C1)c1cccc(=O)n1C2)Nc1ccc(I)cc1. The summed E-state index contributed by atoms with van der Waals surface area (Å²) in [7, 11) is 0. The normalized spacial score (nSPS) is 20.4. The van der Waals surface area contributed by atoms with Crippen LogP contribution in [0, 0.1) is 9.49 Å². The molecule has 146 valence electrons. The summed E-state index contributed by atoms with van der Waals surface area (Å²) >= 11 is 9.26. The van der Waals surface area contributed by atoms with Gasteiger partial charge >= 0.3 is 0 Å². The summed E-state index contributed by atoms with van der Waals surface area (Å²) in [5.74, 6) is 0.987. The molecule has 0 aliphatic carbocycles. The van der Waals surface area contributed by atoms with E-state index in [1.807, 2.05) is 34.9 Å². The van der Waals surface area contributed by atoms with Crippen molar-refractivity contribution in [3.05, 3.63) is 62.1 Å². The topological polar surface area (TPSA) is 54.3 Å². The predicted octanol–water partition coefficient (Wildman–Crippen LogP) is 3.53. The average molecular weight is 525 g/mol. The Balaban J connectivity index is 1.34. The maximum absolute atomic E-state index is 12.2. The van der Waals surface area contributed by atoms with E-state index in [0.717, 1.165) is 45.3 Å². The number of thiocarbonyl (C=S) groups is 1. The molecule has 0 saturated carbocycles. The molecular weight excluding hydrogens is 505 g/mol. The number of carbonyl (C=O) groups excluding carboxylic acids is 1. The van der Waals surface area contributed by atoms with Crippen LogP contribution in [0.25, 0.3) is 0 Å². The summed E-state index contributed by atoms with van der Waals surface area (Å²) in [6, 6.07) is 13.2. The van der Waals surface area contributed by atoms with Crippen LogP contribution in [-0.2, 0) is 11.3 Å². The second kappa shape index (κ2) is 8.54. The fraction of sp³-hybridized carbons (Fsp3) is 0.350. The van der Waals surface area contributed by atoms with Gasteiger partial charge < -0.3 is 14.8 Å². The number of halogens is 1. The Morgan fingerprint density at radius 1 is 1.18 bits per heavy atom. The highest BCUT2D eigenvalue weighted by Crippen LogP contribution is 2.36. The smallest absolute Gasteiger partial charge is 0.250 e. The zero-order valence-electron chi connectivity index (χ0n) is 15.1. The zero-order chi connectivity index (χ0) is 19.7. The number of nitrogens with zero attached hydrogens (tertiary/aromatic N) is 2. The summed E-state index contributed by atoms with van der Waals surface area (Å²) in [6.07, 6.45) is 1.10. The maximum atomic E-state index is 12.2. The number of piperidine rings is 1. The van der Waals surface area contributed by atoms with Crippen LogP contribution in [-0.4, -0.2) is 38.5 Å². The Bertz CT molecular complexity index is 961. The second-order valence-electron chi connectivity index (χ2n) is 7.21. The molecule has 0 unspecified atom stereocenters. The van der Waals surface area contributed by atoms with Gasteiger partial charge in [0.25, 0.3) is 5.56 Å². The monoisotopic (exact) mass is 525 g/mol. The molecule has 1 N–H and O–H groups in total. The lowest BCUT2D eigenvalue weighted by Gasteiger charge is -2.43. The molecule has 8 heteroatoms. The third-order valence-electron chi connectivity index (χ3n) is 5.19. The van der Waals surface area contributed by atoms with E-state index in [1.54, 1.807) is 6.07 Å². The first kappa shape index (κ1) is 19.9. The van der Waals surface area contributed by atoms with Crippen molar-refractivity contribution in [3.8, 4) is 0 Å². The van der Waals surface area contributed by atoms with Crippen LogP contribution >= 0.6 is 46.6 Å². The molecule has 28 heavy (non-hydrogen) atoms. The van der Waals surface area contributed by atoms with E-state index < -0.39 is 0 Å². The minimum absolute atomic E-state index is 0.0531. The Hall–Kier alpha value is -1.39. The summed E-state index contributed by atoms with van der Waals surface area (Å²) in [4.78, 5) is 26.6. The van der Waals surface area contributed by atoms with Gasteiger partial charge in [-0.15, -0.1) is 0 Å². The van der Waals surface area contributed by atoms with Gasteiger partial charge in [-0.3, -0.25) is 9.59 Å². The number of aromatic nitrogens is 1. The van der Waals surface area contributed by atoms with E-state index in [-0.39, 0.29) is 11.5 Å². The first-order chi connectivity index (χ1) is 13.5. The molecule has 4 rings (SSSR count). The third-order valence-corrected chi connectivity index (χ3v) is 7.44. The molecule has 2 aliphatic heterocycles. The Labute approximate surface area is 187 Å². The number of thioether (sulfide) groups is 1. The first-order valence-electron chi connectivity index (χ1n) is 9.16.